The van der Waals surface area contributed by atoms with Crippen LogP contribution in [0.2, 0.25) is 0 Å². The average molecular weight is 282 g/mol. The van der Waals surface area contributed by atoms with Crippen LogP contribution in [0.3, 0.4) is 0 Å². The van der Waals surface area contributed by atoms with E-state index in [1.54, 1.807) is 0 Å². The van der Waals surface area contributed by atoms with Crippen molar-refractivity contribution in [3.05, 3.63) is 28.1 Å². The Hall–Kier alpha value is -1.89. The van der Waals surface area contributed by atoms with E-state index in [4.69, 9.17) is 5.73 Å². The normalized spacial score (nSPS) is 23.9. The summed E-state index contributed by atoms with van der Waals surface area (Å²) < 4.78 is 13.7. The van der Waals surface area contributed by atoms with Gasteiger partial charge in [0.2, 0.25) is 0 Å². The number of hydrogen-bond acceptors (Lipinski definition) is 5. The number of halogens is 1. The second-order valence-electron chi connectivity index (χ2n) is 5.39. The van der Waals surface area contributed by atoms with Gasteiger partial charge in [-0.2, -0.15) is 0 Å². The third kappa shape index (κ3) is 2.53. The van der Waals surface area contributed by atoms with E-state index < -0.39 is 10.7 Å². The van der Waals surface area contributed by atoms with Crippen molar-refractivity contribution in [2.75, 3.05) is 30.8 Å². The fourth-order valence-corrected chi connectivity index (χ4v) is 2.57. The smallest absolute Gasteiger partial charge is 0.294 e. The van der Waals surface area contributed by atoms with Gasteiger partial charge in [-0.05, 0) is 20.9 Å². The maximum Gasteiger partial charge on any atom is 0.294 e. The fraction of sp³-hybridized carbons (Fsp3) is 0.538. The van der Waals surface area contributed by atoms with Gasteiger partial charge in [-0.3, -0.25) is 15.0 Å². The van der Waals surface area contributed by atoms with Crippen molar-refractivity contribution in [3.8, 4) is 0 Å². The minimum absolute atomic E-state index is 0.146. The van der Waals surface area contributed by atoms with Crippen LogP contribution < -0.4 is 10.6 Å². The lowest BCUT2D eigenvalue weighted by Crippen LogP contribution is -2.55. The van der Waals surface area contributed by atoms with Gasteiger partial charge in [-0.15, -0.1) is 0 Å². The van der Waals surface area contributed by atoms with Gasteiger partial charge in [-0.25, -0.2) is 4.39 Å². The van der Waals surface area contributed by atoms with E-state index >= 15 is 0 Å². The molecular formula is C13H19FN4O2. The lowest BCUT2D eigenvalue weighted by atomic mass is 10.1. The molecule has 1 aromatic rings. The first-order valence-electron chi connectivity index (χ1n) is 6.51. The van der Waals surface area contributed by atoms with Crippen LogP contribution in [0.4, 0.5) is 21.5 Å². The number of nitro benzene ring substituents is 1. The van der Waals surface area contributed by atoms with E-state index in [2.05, 4.69) is 4.90 Å². The second kappa shape index (κ2) is 5.24. The highest BCUT2D eigenvalue weighted by Crippen LogP contribution is 2.34. The first kappa shape index (κ1) is 14.5. The summed E-state index contributed by atoms with van der Waals surface area (Å²) in [6, 6.07) is 2.73. The molecule has 20 heavy (non-hydrogen) atoms. The molecule has 0 saturated carbocycles. The summed E-state index contributed by atoms with van der Waals surface area (Å²) in [6.07, 6.45) is 0. The number of benzene rings is 1. The molecule has 2 N–H and O–H groups in total. The van der Waals surface area contributed by atoms with E-state index in [1.165, 1.54) is 0 Å². The third-order valence-electron chi connectivity index (χ3n) is 3.99. The van der Waals surface area contributed by atoms with Gasteiger partial charge >= 0.3 is 0 Å². The van der Waals surface area contributed by atoms with Crippen LogP contribution in [0.1, 0.15) is 13.8 Å². The molecule has 0 bridgehead atoms. The monoisotopic (exact) mass is 282 g/mol. The van der Waals surface area contributed by atoms with Gasteiger partial charge < -0.3 is 10.6 Å². The Bertz CT molecular complexity index is 525. The summed E-state index contributed by atoms with van der Waals surface area (Å²) in [7, 11) is 2.02. The minimum Gasteiger partial charge on any atom is -0.396 e. The van der Waals surface area contributed by atoms with Gasteiger partial charge in [0.05, 0.1) is 10.6 Å². The molecule has 2 rings (SSSR count). The lowest BCUT2D eigenvalue weighted by molar-refractivity contribution is -0.384. The van der Waals surface area contributed by atoms with Gasteiger partial charge in [-0.1, -0.05) is 0 Å². The quantitative estimate of drug-likeness (QED) is 0.509. The molecular weight excluding hydrogens is 263 g/mol. The second-order valence-corrected chi connectivity index (χ2v) is 5.39. The summed E-state index contributed by atoms with van der Waals surface area (Å²) in [5, 5.41) is 11.1. The van der Waals surface area contributed by atoms with Crippen molar-refractivity contribution in [1.29, 1.82) is 0 Å². The highest BCUT2D eigenvalue weighted by Gasteiger charge is 2.30. The molecule has 1 aliphatic rings. The number of nitrogens with two attached hydrogens (primary N) is 1. The number of anilines is 2. The van der Waals surface area contributed by atoms with E-state index in [1.807, 2.05) is 25.8 Å². The molecule has 1 saturated heterocycles. The molecule has 0 aromatic heterocycles. The molecule has 7 heteroatoms. The van der Waals surface area contributed by atoms with Gasteiger partial charge in [0.15, 0.2) is 0 Å². The van der Waals surface area contributed by atoms with Crippen LogP contribution in [0.25, 0.3) is 0 Å². The van der Waals surface area contributed by atoms with Crippen LogP contribution >= 0.6 is 0 Å². The molecule has 110 valence electrons. The number of nitrogen functional groups attached to an aromatic ring is 1. The Kier molecular flexibility index (Phi) is 3.80. The van der Waals surface area contributed by atoms with E-state index in [0.29, 0.717) is 18.8 Å². The van der Waals surface area contributed by atoms with Gasteiger partial charge in [0, 0.05) is 37.3 Å². The molecule has 1 aliphatic heterocycles. The predicted octanol–water partition coefficient (Wildman–Crippen LogP) is 1.84. The summed E-state index contributed by atoms with van der Waals surface area (Å²) >= 11 is 0. The molecule has 0 radical (unpaired) electrons. The zero-order valence-corrected chi connectivity index (χ0v) is 11.8. The Morgan fingerprint density at radius 2 is 1.90 bits per heavy atom. The largest absolute Gasteiger partial charge is 0.396 e. The summed E-state index contributed by atoms with van der Waals surface area (Å²) in [5.41, 5.74) is 5.38. The van der Waals surface area contributed by atoms with Crippen molar-refractivity contribution >= 4 is 17.1 Å². The molecule has 0 spiro atoms. The Morgan fingerprint density at radius 1 is 1.35 bits per heavy atom. The zero-order valence-electron chi connectivity index (χ0n) is 11.8. The van der Waals surface area contributed by atoms with E-state index in [9.17, 15) is 14.5 Å². The van der Waals surface area contributed by atoms with Crippen molar-refractivity contribution in [3.63, 3.8) is 0 Å². The van der Waals surface area contributed by atoms with Crippen LogP contribution in [0, 0.1) is 15.9 Å². The Balaban J connectivity index is 2.42. The van der Waals surface area contributed by atoms with Crippen molar-refractivity contribution < 1.29 is 9.31 Å². The standard InChI is InChI=1S/C13H19FN4O2/c1-8-6-17(7-9(2)16(8)3)12-4-10(14)11(15)5-13(12)18(19)20/h4-5,8-9H,6-7,15H2,1-3H3/t8-,9+. The number of rotatable bonds is 2. The molecule has 0 unspecified atom stereocenters. The number of nitro groups is 1. The van der Waals surface area contributed by atoms with E-state index in [-0.39, 0.29) is 23.5 Å². The maximum atomic E-state index is 13.7. The fourth-order valence-electron chi connectivity index (χ4n) is 2.57. The minimum atomic E-state index is -0.621. The molecule has 0 amide bonds. The van der Waals surface area contributed by atoms with Crippen LogP contribution in [0.15, 0.2) is 12.1 Å². The van der Waals surface area contributed by atoms with Crippen molar-refractivity contribution in [1.82, 2.24) is 4.90 Å². The lowest BCUT2D eigenvalue weighted by Gasteiger charge is -2.43. The van der Waals surface area contributed by atoms with Crippen LogP contribution in [0.5, 0.6) is 0 Å². The van der Waals surface area contributed by atoms with Gasteiger partial charge in [0.1, 0.15) is 11.5 Å². The topological polar surface area (TPSA) is 75.6 Å². The highest BCUT2D eigenvalue weighted by molar-refractivity contribution is 5.69. The average Bonchev–Trinajstić information content (AvgIpc) is 2.37. The van der Waals surface area contributed by atoms with E-state index in [0.717, 1.165) is 12.1 Å². The summed E-state index contributed by atoms with van der Waals surface area (Å²) in [5.74, 6) is -0.621. The number of likely N-dealkylation sites (N-methyl/N-ethyl adjacent to an activating group) is 1. The Morgan fingerprint density at radius 3 is 2.40 bits per heavy atom. The molecule has 1 heterocycles. The number of nitrogens with zero attached hydrogens (tertiary/aromatic N) is 3. The molecule has 6 nitrogen and oxygen atoms in total. The van der Waals surface area contributed by atoms with Crippen molar-refractivity contribution in [2.24, 2.45) is 0 Å². The Labute approximate surface area is 117 Å². The third-order valence-corrected chi connectivity index (χ3v) is 3.99. The zero-order chi connectivity index (χ0) is 15.0. The SMILES string of the molecule is C[C@@H]1CN(c2cc(F)c(N)cc2[N+](=O)[O-])C[C@H](C)N1C. The summed E-state index contributed by atoms with van der Waals surface area (Å²) in [4.78, 5) is 14.7. The number of piperazine rings is 1. The number of hydrogen-bond donors (Lipinski definition) is 1. The molecule has 1 fully saturated rings. The van der Waals surface area contributed by atoms with Gasteiger partial charge in [0.25, 0.3) is 5.69 Å². The molecule has 0 aliphatic carbocycles. The molecule has 2 atom stereocenters. The molecule has 1 aromatic carbocycles. The van der Waals surface area contributed by atoms with Crippen LogP contribution in [-0.2, 0) is 0 Å². The maximum absolute atomic E-state index is 13.7. The van der Waals surface area contributed by atoms with Crippen LogP contribution in [-0.4, -0.2) is 42.0 Å². The summed E-state index contributed by atoms with van der Waals surface area (Å²) in [6.45, 7) is 5.32. The van der Waals surface area contributed by atoms with Crippen molar-refractivity contribution in [2.45, 2.75) is 25.9 Å². The highest BCUT2D eigenvalue weighted by atomic mass is 19.1. The first-order valence-corrected chi connectivity index (χ1v) is 6.51. The predicted molar refractivity (Wildman–Crippen MR) is 76.4 cm³/mol. The first-order chi connectivity index (χ1) is 9.31.